The zero-order valence-electron chi connectivity index (χ0n) is 14.9. The maximum atomic E-state index is 6.31. The van der Waals surface area contributed by atoms with E-state index >= 15 is 0 Å². The van der Waals surface area contributed by atoms with Crippen LogP contribution in [0.2, 0.25) is 5.02 Å². The van der Waals surface area contributed by atoms with Crippen LogP contribution in [0.1, 0.15) is 33.3 Å². The second kappa shape index (κ2) is 9.69. The quantitative estimate of drug-likeness (QED) is 0.391. The van der Waals surface area contributed by atoms with Gasteiger partial charge in [0.2, 0.25) is 0 Å². The first-order valence-electron chi connectivity index (χ1n) is 7.46. The summed E-state index contributed by atoms with van der Waals surface area (Å²) in [6.45, 7) is 9.78. The van der Waals surface area contributed by atoms with E-state index in [0.29, 0.717) is 6.54 Å². The summed E-state index contributed by atoms with van der Waals surface area (Å²) in [5, 5.41) is 7.43. The fourth-order valence-corrected chi connectivity index (χ4v) is 2.39. The molecular formula is C17H29ClIN3O. The van der Waals surface area contributed by atoms with Gasteiger partial charge in [0.05, 0.1) is 5.60 Å². The van der Waals surface area contributed by atoms with Gasteiger partial charge in [-0.1, -0.05) is 43.6 Å². The summed E-state index contributed by atoms with van der Waals surface area (Å²) in [7, 11) is 3.47. The highest BCUT2D eigenvalue weighted by Gasteiger charge is 2.24. The van der Waals surface area contributed by atoms with E-state index in [1.54, 1.807) is 14.2 Å². The standard InChI is InChI=1S/C17H28ClN3O.HI/c1-16(2,13-9-7-8-10-14(13)18)11-20-15(19-5)21-12-17(3,4)22-6;/h7-10H,11-12H2,1-6H3,(H2,19,20,21);1H. The molecule has 0 amide bonds. The molecule has 1 aromatic carbocycles. The highest BCUT2D eigenvalue weighted by Crippen LogP contribution is 2.28. The second-order valence-electron chi connectivity index (χ2n) is 6.61. The van der Waals surface area contributed by atoms with E-state index < -0.39 is 0 Å². The second-order valence-corrected chi connectivity index (χ2v) is 7.01. The van der Waals surface area contributed by atoms with E-state index in [-0.39, 0.29) is 35.0 Å². The van der Waals surface area contributed by atoms with Crippen molar-refractivity contribution in [3.05, 3.63) is 34.9 Å². The molecule has 0 unspecified atom stereocenters. The minimum Gasteiger partial charge on any atom is -0.377 e. The molecule has 0 spiro atoms. The van der Waals surface area contributed by atoms with Crippen LogP contribution < -0.4 is 10.6 Å². The number of guanidine groups is 1. The Balaban J connectivity index is 0.00000484. The van der Waals surface area contributed by atoms with Crippen molar-refractivity contribution in [2.75, 3.05) is 27.2 Å². The molecule has 0 heterocycles. The first-order valence-corrected chi connectivity index (χ1v) is 7.84. The molecule has 4 nitrogen and oxygen atoms in total. The molecule has 0 saturated heterocycles. The fraction of sp³-hybridized carbons (Fsp3) is 0.588. The number of benzene rings is 1. The van der Waals surface area contributed by atoms with Crippen molar-refractivity contribution < 1.29 is 4.74 Å². The minimum atomic E-state index is -0.240. The molecule has 0 radical (unpaired) electrons. The predicted molar refractivity (Wildman–Crippen MR) is 110 cm³/mol. The summed E-state index contributed by atoms with van der Waals surface area (Å²) < 4.78 is 5.40. The number of nitrogens with zero attached hydrogens (tertiary/aromatic N) is 1. The lowest BCUT2D eigenvalue weighted by molar-refractivity contribution is 0.0268. The number of halogens is 2. The highest BCUT2D eigenvalue weighted by atomic mass is 127. The van der Waals surface area contributed by atoms with E-state index in [4.69, 9.17) is 16.3 Å². The van der Waals surface area contributed by atoms with Crippen molar-refractivity contribution >= 4 is 41.5 Å². The van der Waals surface area contributed by atoms with Gasteiger partial charge in [-0.2, -0.15) is 0 Å². The van der Waals surface area contributed by atoms with Crippen LogP contribution in [0.4, 0.5) is 0 Å². The molecule has 0 aliphatic rings. The lowest BCUT2D eigenvalue weighted by Crippen LogP contribution is -2.48. The molecule has 132 valence electrons. The SMILES string of the molecule is CN=C(NCC(C)(C)OC)NCC(C)(C)c1ccccc1Cl.I. The van der Waals surface area contributed by atoms with E-state index in [2.05, 4.69) is 35.5 Å². The third kappa shape index (κ3) is 7.27. The molecule has 0 saturated carbocycles. The smallest absolute Gasteiger partial charge is 0.191 e. The number of methoxy groups -OCH3 is 1. The number of ether oxygens (including phenoxy) is 1. The molecule has 0 bridgehead atoms. The topological polar surface area (TPSA) is 45.7 Å². The Morgan fingerprint density at radius 3 is 2.22 bits per heavy atom. The van der Waals surface area contributed by atoms with Crippen LogP contribution in [0.3, 0.4) is 0 Å². The molecule has 0 aliphatic carbocycles. The summed E-state index contributed by atoms with van der Waals surface area (Å²) >= 11 is 6.31. The molecule has 0 aliphatic heterocycles. The van der Waals surface area contributed by atoms with Gasteiger partial charge in [-0.3, -0.25) is 4.99 Å². The minimum absolute atomic E-state index is 0. The molecule has 0 aromatic heterocycles. The summed E-state index contributed by atoms with van der Waals surface area (Å²) in [5.41, 5.74) is 0.777. The number of aliphatic imine (C=N–C) groups is 1. The Kier molecular flexibility index (Phi) is 9.47. The normalized spacial score (nSPS) is 12.6. The van der Waals surface area contributed by atoms with E-state index in [1.807, 2.05) is 32.0 Å². The molecule has 1 rings (SSSR count). The van der Waals surface area contributed by atoms with Crippen molar-refractivity contribution in [1.29, 1.82) is 0 Å². The van der Waals surface area contributed by atoms with Crippen molar-refractivity contribution in [2.45, 2.75) is 38.7 Å². The van der Waals surface area contributed by atoms with Gasteiger partial charge in [-0.15, -0.1) is 24.0 Å². The predicted octanol–water partition coefficient (Wildman–Crippen LogP) is 3.83. The van der Waals surface area contributed by atoms with Crippen LogP contribution >= 0.6 is 35.6 Å². The Hall–Kier alpha value is -0.530. The van der Waals surface area contributed by atoms with Crippen LogP contribution in [0, 0.1) is 0 Å². The molecule has 6 heteroatoms. The number of hydrogen-bond donors (Lipinski definition) is 2. The van der Waals surface area contributed by atoms with Gasteiger partial charge in [0.15, 0.2) is 5.96 Å². The van der Waals surface area contributed by atoms with Gasteiger partial charge < -0.3 is 15.4 Å². The van der Waals surface area contributed by atoms with E-state index in [1.165, 1.54) is 0 Å². The lowest BCUT2D eigenvalue weighted by atomic mass is 9.84. The summed E-state index contributed by atoms with van der Waals surface area (Å²) in [6, 6.07) is 7.95. The van der Waals surface area contributed by atoms with Gasteiger partial charge in [0, 0.05) is 37.7 Å². The van der Waals surface area contributed by atoms with Gasteiger partial charge in [0.25, 0.3) is 0 Å². The molecule has 0 fully saturated rings. The summed E-state index contributed by atoms with van der Waals surface area (Å²) in [6.07, 6.45) is 0. The zero-order chi connectivity index (χ0) is 16.8. The fourth-order valence-electron chi connectivity index (χ4n) is 2.00. The van der Waals surface area contributed by atoms with Crippen LogP contribution in [-0.4, -0.2) is 38.8 Å². The van der Waals surface area contributed by atoms with Crippen LogP contribution in [0.15, 0.2) is 29.3 Å². The first-order chi connectivity index (χ1) is 10.2. The average Bonchev–Trinajstić information content (AvgIpc) is 2.47. The Morgan fingerprint density at radius 2 is 1.70 bits per heavy atom. The molecule has 2 N–H and O–H groups in total. The number of nitrogens with one attached hydrogen (secondary N) is 2. The Morgan fingerprint density at radius 1 is 1.13 bits per heavy atom. The zero-order valence-corrected chi connectivity index (χ0v) is 18.0. The molecule has 1 aromatic rings. The number of hydrogen-bond acceptors (Lipinski definition) is 2. The van der Waals surface area contributed by atoms with E-state index in [9.17, 15) is 0 Å². The Bertz CT molecular complexity index is 518. The third-order valence-electron chi connectivity index (χ3n) is 3.76. The van der Waals surface area contributed by atoms with Crippen molar-refractivity contribution in [2.24, 2.45) is 4.99 Å². The maximum absolute atomic E-state index is 6.31. The highest BCUT2D eigenvalue weighted by molar-refractivity contribution is 14.0. The van der Waals surface area contributed by atoms with Gasteiger partial charge in [0.1, 0.15) is 0 Å². The van der Waals surface area contributed by atoms with Gasteiger partial charge >= 0.3 is 0 Å². The van der Waals surface area contributed by atoms with Crippen LogP contribution in [0.25, 0.3) is 0 Å². The third-order valence-corrected chi connectivity index (χ3v) is 4.09. The summed E-state index contributed by atoms with van der Waals surface area (Å²) in [4.78, 5) is 4.25. The Labute approximate surface area is 162 Å². The van der Waals surface area contributed by atoms with Gasteiger partial charge in [-0.05, 0) is 25.5 Å². The van der Waals surface area contributed by atoms with Crippen LogP contribution in [-0.2, 0) is 10.2 Å². The monoisotopic (exact) mass is 453 g/mol. The van der Waals surface area contributed by atoms with Crippen molar-refractivity contribution in [1.82, 2.24) is 10.6 Å². The largest absolute Gasteiger partial charge is 0.377 e. The first kappa shape index (κ1) is 22.5. The van der Waals surface area contributed by atoms with E-state index in [0.717, 1.165) is 23.1 Å². The van der Waals surface area contributed by atoms with Gasteiger partial charge in [-0.25, -0.2) is 0 Å². The van der Waals surface area contributed by atoms with Crippen molar-refractivity contribution in [3.63, 3.8) is 0 Å². The van der Waals surface area contributed by atoms with Crippen molar-refractivity contribution in [3.8, 4) is 0 Å². The van der Waals surface area contributed by atoms with Crippen LogP contribution in [0.5, 0.6) is 0 Å². The average molecular weight is 454 g/mol. The number of rotatable bonds is 6. The lowest BCUT2D eigenvalue weighted by Gasteiger charge is -2.29. The maximum Gasteiger partial charge on any atom is 0.191 e. The summed E-state index contributed by atoms with van der Waals surface area (Å²) in [5.74, 6) is 0.755. The molecular weight excluding hydrogens is 425 g/mol. The molecule has 0 atom stereocenters. The molecule has 23 heavy (non-hydrogen) atoms.